The summed E-state index contributed by atoms with van der Waals surface area (Å²) in [6.45, 7) is 2.11. The highest BCUT2D eigenvalue weighted by atomic mass is 16.2. The summed E-state index contributed by atoms with van der Waals surface area (Å²) < 4.78 is 0. The van der Waals surface area contributed by atoms with Crippen LogP contribution in [0.5, 0.6) is 0 Å². The minimum atomic E-state index is 0.00719. The minimum Gasteiger partial charge on any atom is -0.350 e. The molecule has 0 saturated heterocycles. The van der Waals surface area contributed by atoms with Crippen LogP contribution in [0.15, 0.2) is 6.33 Å². The van der Waals surface area contributed by atoms with Crippen LogP contribution in [0, 0.1) is 6.92 Å². The molecule has 1 aromatic heterocycles. The summed E-state index contributed by atoms with van der Waals surface area (Å²) in [4.78, 5) is 23.0. The number of likely N-dealkylation sites (N-methyl/N-ethyl adjacent to an activating group) is 2. The van der Waals surface area contributed by atoms with Gasteiger partial charge >= 0.3 is 0 Å². The zero-order valence-corrected chi connectivity index (χ0v) is 10.6. The summed E-state index contributed by atoms with van der Waals surface area (Å²) in [5, 5.41) is 0. The Balaban J connectivity index is 2.89. The number of hydrazine groups is 1. The molecule has 0 bridgehead atoms. The molecular formula is C10H18N6O. The number of carbonyl (C=O) groups is 1. The van der Waals surface area contributed by atoms with Crippen LogP contribution in [-0.4, -0.2) is 48.5 Å². The first kappa shape index (κ1) is 13.2. The van der Waals surface area contributed by atoms with Gasteiger partial charge in [-0.1, -0.05) is 0 Å². The molecule has 7 heteroatoms. The maximum Gasteiger partial charge on any atom is 0.241 e. The van der Waals surface area contributed by atoms with Crippen molar-refractivity contribution in [3.05, 3.63) is 11.9 Å². The quantitative estimate of drug-likeness (QED) is 0.548. The summed E-state index contributed by atoms with van der Waals surface area (Å²) >= 11 is 0. The molecule has 0 aliphatic carbocycles. The fraction of sp³-hybridized carbons (Fsp3) is 0.500. The van der Waals surface area contributed by atoms with Crippen molar-refractivity contribution in [2.24, 2.45) is 5.84 Å². The molecule has 1 aromatic rings. The Kier molecular flexibility index (Phi) is 4.22. The molecule has 1 amide bonds. The van der Waals surface area contributed by atoms with Crippen molar-refractivity contribution in [2.45, 2.75) is 6.92 Å². The van der Waals surface area contributed by atoms with Crippen molar-refractivity contribution in [1.29, 1.82) is 0 Å². The van der Waals surface area contributed by atoms with Crippen molar-refractivity contribution in [2.75, 3.05) is 38.0 Å². The second-order valence-corrected chi connectivity index (χ2v) is 3.96. The number of nitrogens with zero attached hydrogens (tertiary/aromatic N) is 4. The molecule has 0 fully saturated rings. The number of nitrogens with one attached hydrogen (secondary N) is 1. The van der Waals surface area contributed by atoms with Gasteiger partial charge in [0.05, 0.1) is 6.54 Å². The van der Waals surface area contributed by atoms with E-state index in [1.165, 1.54) is 11.2 Å². The van der Waals surface area contributed by atoms with Crippen LogP contribution in [-0.2, 0) is 4.79 Å². The molecular weight excluding hydrogens is 220 g/mol. The Morgan fingerprint density at radius 3 is 2.59 bits per heavy atom. The standard InChI is InChI=1S/C10H18N6O/c1-7-9(14-11)12-6-13-10(7)16(4)5-8(17)15(2)3/h6H,5,11H2,1-4H3,(H,12,13,14). The first-order valence-corrected chi connectivity index (χ1v) is 5.17. The fourth-order valence-electron chi connectivity index (χ4n) is 1.39. The summed E-state index contributed by atoms with van der Waals surface area (Å²) in [5.41, 5.74) is 3.30. The molecule has 0 spiro atoms. The predicted octanol–water partition coefficient (Wildman–Crippen LogP) is -0.405. The Bertz CT molecular complexity index is 406. The van der Waals surface area contributed by atoms with Crippen molar-refractivity contribution < 1.29 is 4.79 Å². The maximum atomic E-state index is 11.6. The smallest absolute Gasteiger partial charge is 0.241 e. The lowest BCUT2D eigenvalue weighted by Gasteiger charge is -2.22. The zero-order chi connectivity index (χ0) is 13.0. The Morgan fingerprint density at radius 1 is 1.41 bits per heavy atom. The van der Waals surface area contributed by atoms with Gasteiger partial charge in [-0.15, -0.1) is 0 Å². The molecule has 0 aromatic carbocycles. The average Bonchev–Trinajstić information content (AvgIpc) is 2.28. The van der Waals surface area contributed by atoms with E-state index in [0.717, 1.165) is 5.56 Å². The Hall–Kier alpha value is -1.89. The van der Waals surface area contributed by atoms with Crippen LogP contribution in [0.1, 0.15) is 5.56 Å². The molecule has 0 radical (unpaired) electrons. The molecule has 0 unspecified atom stereocenters. The molecule has 0 atom stereocenters. The average molecular weight is 238 g/mol. The van der Waals surface area contributed by atoms with Gasteiger partial charge in [0.1, 0.15) is 18.0 Å². The highest BCUT2D eigenvalue weighted by molar-refractivity contribution is 5.81. The van der Waals surface area contributed by atoms with Crippen LogP contribution in [0.4, 0.5) is 11.6 Å². The monoisotopic (exact) mass is 238 g/mol. The molecule has 0 saturated carbocycles. The van der Waals surface area contributed by atoms with Gasteiger partial charge in [-0.25, -0.2) is 15.8 Å². The third kappa shape index (κ3) is 3.04. The summed E-state index contributed by atoms with van der Waals surface area (Å²) in [6.07, 6.45) is 1.41. The van der Waals surface area contributed by atoms with Gasteiger partial charge in [0.25, 0.3) is 0 Å². The first-order valence-electron chi connectivity index (χ1n) is 5.17. The third-order valence-electron chi connectivity index (χ3n) is 2.43. The molecule has 94 valence electrons. The van der Waals surface area contributed by atoms with Gasteiger partial charge in [-0.05, 0) is 6.92 Å². The zero-order valence-electron chi connectivity index (χ0n) is 10.6. The van der Waals surface area contributed by atoms with E-state index in [0.29, 0.717) is 11.6 Å². The molecule has 0 aliphatic heterocycles. The number of aromatic nitrogens is 2. The van der Waals surface area contributed by atoms with Gasteiger partial charge in [-0.2, -0.15) is 0 Å². The van der Waals surface area contributed by atoms with Crippen molar-refractivity contribution in [3.63, 3.8) is 0 Å². The Morgan fingerprint density at radius 2 is 2.06 bits per heavy atom. The van der Waals surface area contributed by atoms with Gasteiger partial charge < -0.3 is 15.2 Å². The lowest BCUT2D eigenvalue weighted by atomic mass is 10.3. The van der Waals surface area contributed by atoms with E-state index in [1.54, 1.807) is 26.0 Å². The number of anilines is 2. The van der Waals surface area contributed by atoms with E-state index in [9.17, 15) is 4.79 Å². The van der Waals surface area contributed by atoms with Gasteiger partial charge in [0.15, 0.2) is 0 Å². The van der Waals surface area contributed by atoms with Crippen LogP contribution in [0.2, 0.25) is 0 Å². The van der Waals surface area contributed by atoms with E-state index in [4.69, 9.17) is 5.84 Å². The summed E-state index contributed by atoms with van der Waals surface area (Å²) in [7, 11) is 5.24. The van der Waals surface area contributed by atoms with Crippen LogP contribution < -0.4 is 16.2 Å². The van der Waals surface area contributed by atoms with E-state index in [-0.39, 0.29) is 12.5 Å². The van der Waals surface area contributed by atoms with Crippen molar-refractivity contribution in [3.8, 4) is 0 Å². The molecule has 7 nitrogen and oxygen atoms in total. The molecule has 17 heavy (non-hydrogen) atoms. The fourth-order valence-corrected chi connectivity index (χ4v) is 1.39. The molecule has 1 rings (SSSR count). The number of hydrogen-bond acceptors (Lipinski definition) is 6. The largest absolute Gasteiger partial charge is 0.350 e. The van der Waals surface area contributed by atoms with E-state index >= 15 is 0 Å². The predicted molar refractivity (Wildman–Crippen MR) is 66.5 cm³/mol. The first-order chi connectivity index (χ1) is 7.97. The highest BCUT2D eigenvalue weighted by Gasteiger charge is 2.14. The molecule has 3 N–H and O–H groups in total. The Labute approximate surface area is 101 Å². The van der Waals surface area contributed by atoms with E-state index < -0.39 is 0 Å². The number of hydrogen-bond donors (Lipinski definition) is 2. The van der Waals surface area contributed by atoms with Gasteiger partial charge in [0, 0.05) is 26.7 Å². The van der Waals surface area contributed by atoms with Crippen LogP contribution >= 0.6 is 0 Å². The van der Waals surface area contributed by atoms with Crippen molar-refractivity contribution >= 4 is 17.5 Å². The van der Waals surface area contributed by atoms with Gasteiger partial charge in [0.2, 0.25) is 5.91 Å². The SMILES string of the molecule is Cc1c(NN)ncnc1N(C)CC(=O)N(C)C. The molecule has 1 heterocycles. The number of nitrogens with two attached hydrogens (primary N) is 1. The molecule has 0 aliphatic rings. The number of rotatable bonds is 4. The topological polar surface area (TPSA) is 87.4 Å². The van der Waals surface area contributed by atoms with Crippen LogP contribution in [0.3, 0.4) is 0 Å². The number of amides is 1. The summed E-state index contributed by atoms with van der Waals surface area (Å²) in [5.74, 6) is 6.58. The van der Waals surface area contributed by atoms with E-state index in [2.05, 4.69) is 15.4 Å². The van der Waals surface area contributed by atoms with E-state index in [1.807, 2.05) is 6.92 Å². The normalized spacial score (nSPS) is 9.94. The van der Waals surface area contributed by atoms with Crippen molar-refractivity contribution in [1.82, 2.24) is 14.9 Å². The number of carbonyl (C=O) groups excluding carboxylic acids is 1. The number of nitrogen functional groups attached to an aromatic ring is 1. The second-order valence-electron chi connectivity index (χ2n) is 3.96. The lowest BCUT2D eigenvalue weighted by Crippen LogP contribution is -2.35. The summed E-state index contributed by atoms with van der Waals surface area (Å²) in [6, 6.07) is 0. The van der Waals surface area contributed by atoms with Crippen LogP contribution in [0.25, 0.3) is 0 Å². The lowest BCUT2D eigenvalue weighted by molar-refractivity contribution is -0.127. The maximum absolute atomic E-state index is 11.6. The van der Waals surface area contributed by atoms with Gasteiger partial charge in [-0.3, -0.25) is 4.79 Å². The highest BCUT2D eigenvalue weighted by Crippen LogP contribution is 2.19. The second kappa shape index (κ2) is 5.44. The minimum absolute atomic E-state index is 0.00719. The third-order valence-corrected chi connectivity index (χ3v) is 2.43.